The van der Waals surface area contributed by atoms with Gasteiger partial charge in [-0.3, -0.25) is 14.5 Å². The van der Waals surface area contributed by atoms with Gasteiger partial charge in [-0.2, -0.15) is 0 Å². The second-order valence-electron chi connectivity index (χ2n) is 10.0. The van der Waals surface area contributed by atoms with Crippen LogP contribution < -0.4 is 10.1 Å². The smallest absolute Gasteiger partial charge is 0.226 e. The van der Waals surface area contributed by atoms with Gasteiger partial charge in [0.05, 0.1) is 18.9 Å². The number of piperidine rings is 2. The van der Waals surface area contributed by atoms with Gasteiger partial charge in [-0.15, -0.1) is 0 Å². The highest BCUT2D eigenvalue weighted by molar-refractivity contribution is 5.81. The minimum atomic E-state index is -0.154. The topological polar surface area (TPSA) is 61.9 Å². The number of hydrogen-bond acceptors (Lipinski definition) is 4. The molecule has 0 bridgehead atoms. The molecule has 2 aliphatic rings. The molecule has 0 saturated carbocycles. The van der Waals surface area contributed by atoms with Crippen LogP contribution >= 0.6 is 0 Å². The quantitative estimate of drug-likeness (QED) is 0.587. The van der Waals surface area contributed by atoms with Gasteiger partial charge in [-0.25, -0.2) is 0 Å². The van der Waals surface area contributed by atoms with Crippen LogP contribution in [0.3, 0.4) is 0 Å². The molecule has 2 heterocycles. The van der Waals surface area contributed by atoms with Crippen molar-refractivity contribution in [3.8, 4) is 5.75 Å². The Bertz CT molecular complexity index is 957. The number of likely N-dealkylation sites (tertiary alicyclic amines) is 2. The molecule has 2 fully saturated rings. The molecule has 2 aliphatic heterocycles. The molecular weight excluding hydrogens is 438 g/mol. The van der Waals surface area contributed by atoms with Gasteiger partial charge in [-0.05, 0) is 68.0 Å². The van der Waals surface area contributed by atoms with Gasteiger partial charge in [0.25, 0.3) is 0 Å². The molecular formula is C29H39N3O3. The summed E-state index contributed by atoms with van der Waals surface area (Å²) in [7, 11) is 0. The molecule has 35 heavy (non-hydrogen) atoms. The molecule has 0 spiro atoms. The second kappa shape index (κ2) is 12.7. The van der Waals surface area contributed by atoms with Crippen molar-refractivity contribution in [1.82, 2.24) is 15.1 Å². The fraction of sp³-hybridized carbons (Fsp3) is 0.517. The maximum Gasteiger partial charge on any atom is 0.226 e. The third kappa shape index (κ3) is 7.56. The molecule has 1 N–H and O–H groups in total. The molecule has 2 saturated heterocycles. The SMILES string of the molecule is CC1CCN(Cc2ccccc2CNC(=O)C2CCCN(C(=O)CCOc3ccccc3)C2)CC1. The Morgan fingerprint density at radius 1 is 0.943 bits per heavy atom. The van der Waals surface area contributed by atoms with Crippen molar-refractivity contribution in [2.45, 2.75) is 52.1 Å². The van der Waals surface area contributed by atoms with Crippen LogP contribution in [0.2, 0.25) is 0 Å². The number of para-hydroxylation sites is 1. The third-order valence-electron chi connectivity index (χ3n) is 7.31. The van der Waals surface area contributed by atoms with Gasteiger partial charge in [0.15, 0.2) is 0 Å². The number of carbonyl (C=O) groups is 2. The van der Waals surface area contributed by atoms with E-state index in [1.165, 1.54) is 24.0 Å². The van der Waals surface area contributed by atoms with E-state index in [1.807, 2.05) is 41.3 Å². The van der Waals surface area contributed by atoms with E-state index in [-0.39, 0.29) is 17.7 Å². The molecule has 6 nitrogen and oxygen atoms in total. The van der Waals surface area contributed by atoms with Crippen LogP contribution in [0.4, 0.5) is 0 Å². The lowest BCUT2D eigenvalue weighted by Crippen LogP contribution is -2.45. The van der Waals surface area contributed by atoms with E-state index in [4.69, 9.17) is 4.74 Å². The molecule has 0 radical (unpaired) electrons. The zero-order valence-electron chi connectivity index (χ0n) is 21.0. The Balaban J connectivity index is 1.23. The molecule has 0 aliphatic carbocycles. The standard InChI is InChI=1S/C29H39N3O3/c1-23-13-17-31(18-14-23)21-25-9-6-5-8-24(25)20-30-29(34)26-10-7-16-32(22-26)28(33)15-19-35-27-11-3-2-4-12-27/h2-6,8-9,11-12,23,26H,7,10,13-22H2,1H3,(H,30,34). The van der Waals surface area contributed by atoms with Crippen LogP contribution in [-0.4, -0.2) is 54.4 Å². The summed E-state index contributed by atoms with van der Waals surface area (Å²) in [6.45, 7) is 7.65. The van der Waals surface area contributed by atoms with Gasteiger partial charge in [0.1, 0.15) is 5.75 Å². The lowest BCUT2D eigenvalue weighted by atomic mass is 9.96. The zero-order valence-corrected chi connectivity index (χ0v) is 21.0. The monoisotopic (exact) mass is 477 g/mol. The normalized spacial score (nSPS) is 19.3. The first-order valence-electron chi connectivity index (χ1n) is 13.1. The van der Waals surface area contributed by atoms with Crippen molar-refractivity contribution >= 4 is 11.8 Å². The van der Waals surface area contributed by atoms with Crippen molar-refractivity contribution in [2.75, 3.05) is 32.8 Å². The number of carbonyl (C=O) groups excluding carboxylic acids is 2. The van der Waals surface area contributed by atoms with Crippen molar-refractivity contribution in [3.05, 3.63) is 65.7 Å². The number of nitrogens with zero attached hydrogens (tertiary/aromatic N) is 2. The number of amides is 2. The fourth-order valence-electron chi connectivity index (χ4n) is 5.02. The number of nitrogens with one attached hydrogen (secondary N) is 1. The summed E-state index contributed by atoms with van der Waals surface area (Å²) in [6.07, 6.45) is 4.52. The summed E-state index contributed by atoms with van der Waals surface area (Å²) in [5, 5.41) is 3.16. The van der Waals surface area contributed by atoms with Crippen molar-refractivity contribution in [3.63, 3.8) is 0 Å². The van der Waals surface area contributed by atoms with Crippen molar-refractivity contribution in [2.24, 2.45) is 11.8 Å². The summed E-state index contributed by atoms with van der Waals surface area (Å²) < 4.78 is 5.67. The third-order valence-corrected chi connectivity index (χ3v) is 7.31. The van der Waals surface area contributed by atoms with Crippen LogP contribution in [0.15, 0.2) is 54.6 Å². The highest BCUT2D eigenvalue weighted by atomic mass is 16.5. The van der Waals surface area contributed by atoms with E-state index < -0.39 is 0 Å². The van der Waals surface area contributed by atoms with Crippen molar-refractivity contribution in [1.29, 1.82) is 0 Å². The van der Waals surface area contributed by atoms with Gasteiger partial charge in [-0.1, -0.05) is 49.4 Å². The largest absolute Gasteiger partial charge is 0.493 e. The summed E-state index contributed by atoms with van der Waals surface area (Å²) in [5.74, 6) is 1.54. The van der Waals surface area contributed by atoms with E-state index in [0.29, 0.717) is 32.7 Å². The first-order valence-corrected chi connectivity index (χ1v) is 13.1. The Labute approximate surface area is 209 Å². The van der Waals surface area contributed by atoms with Crippen LogP contribution in [0, 0.1) is 11.8 Å². The number of hydrogen-bond donors (Lipinski definition) is 1. The van der Waals surface area contributed by atoms with E-state index >= 15 is 0 Å². The molecule has 4 rings (SSSR count). The highest BCUT2D eigenvalue weighted by Gasteiger charge is 2.28. The average Bonchev–Trinajstić information content (AvgIpc) is 2.90. The molecule has 1 atom stereocenters. The first kappa shape index (κ1) is 25.2. The molecule has 1 unspecified atom stereocenters. The number of benzene rings is 2. The summed E-state index contributed by atoms with van der Waals surface area (Å²) in [6, 6.07) is 18.0. The molecule has 188 valence electrons. The summed E-state index contributed by atoms with van der Waals surface area (Å²) >= 11 is 0. The van der Waals surface area contributed by atoms with Crippen LogP contribution in [0.1, 0.15) is 50.2 Å². The van der Waals surface area contributed by atoms with Crippen LogP contribution in [0.25, 0.3) is 0 Å². The fourth-order valence-corrected chi connectivity index (χ4v) is 5.02. The van der Waals surface area contributed by atoms with Gasteiger partial charge in [0.2, 0.25) is 11.8 Å². The molecule has 0 aromatic heterocycles. The zero-order chi connectivity index (χ0) is 24.5. The van der Waals surface area contributed by atoms with Gasteiger partial charge in [0, 0.05) is 26.2 Å². The first-order chi connectivity index (χ1) is 17.1. The van der Waals surface area contributed by atoms with Crippen LogP contribution in [0.5, 0.6) is 5.75 Å². The number of ether oxygens (including phenoxy) is 1. The maximum absolute atomic E-state index is 13.0. The Hall–Kier alpha value is -2.86. The molecule has 2 amide bonds. The number of rotatable bonds is 9. The average molecular weight is 478 g/mol. The van der Waals surface area contributed by atoms with Crippen molar-refractivity contribution < 1.29 is 14.3 Å². The lowest BCUT2D eigenvalue weighted by Gasteiger charge is -2.32. The minimum Gasteiger partial charge on any atom is -0.493 e. The Morgan fingerprint density at radius 3 is 2.43 bits per heavy atom. The van der Waals surface area contributed by atoms with Gasteiger partial charge >= 0.3 is 0 Å². The Morgan fingerprint density at radius 2 is 1.66 bits per heavy atom. The summed E-state index contributed by atoms with van der Waals surface area (Å²) in [5.41, 5.74) is 2.47. The summed E-state index contributed by atoms with van der Waals surface area (Å²) in [4.78, 5) is 30.0. The minimum absolute atomic E-state index is 0.0460. The maximum atomic E-state index is 13.0. The highest BCUT2D eigenvalue weighted by Crippen LogP contribution is 2.21. The van der Waals surface area contributed by atoms with E-state index in [0.717, 1.165) is 44.1 Å². The van der Waals surface area contributed by atoms with E-state index in [1.54, 1.807) is 0 Å². The van der Waals surface area contributed by atoms with Crippen LogP contribution in [-0.2, 0) is 22.7 Å². The lowest BCUT2D eigenvalue weighted by molar-refractivity contribution is -0.136. The predicted molar refractivity (Wildman–Crippen MR) is 138 cm³/mol. The second-order valence-corrected chi connectivity index (χ2v) is 10.0. The molecule has 6 heteroatoms. The van der Waals surface area contributed by atoms with Gasteiger partial charge < -0.3 is 15.0 Å². The Kier molecular flexibility index (Phi) is 9.18. The van der Waals surface area contributed by atoms with E-state index in [9.17, 15) is 9.59 Å². The molecule has 2 aromatic carbocycles. The molecule has 2 aromatic rings. The predicted octanol–water partition coefficient (Wildman–Crippen LogP) is 4.24. The van der Waals surface area contributed by atoms with E-state index in [2.05, 4.69) is 35.3 Å².